The van der Waals surface area contributed by atoms with Crippen molar-refractivity contribution in [1.29, 1.82) is 5.26 Å². The van der Waals surface area contributed by atoms with Gasteiger partial charge in [-0.15, -0.1) is 0 Å². The number of hydrogen-bond donors (Lipinski definition) is 2. The van der Waals surface area contributed by atoms with Gasteiger partial charge in [-0.05, 0) is 41.5 Å². The molecule has 0 amide bonds. The lowest BCUT2D eigenvalue weighted by Crippen LogP contribution is -2.23. The van der Waals surface area contributed by atoms with Crippen LogP contribution in [0.1, 0.15) is 45.8 Å². The molecular weight excluding hydrogens is 516 g/mol. The fourth-order valence-electron chi connectivity index (χ4n) is 2.89. The van der Waals surface area contributed by atoms with Crippen molar-refractivity contribution in [2.75, 3.05) is 0 Å². The summed E-state index contributed by atoms with van der Waals surface area (Å²) in [6.45, 7) is 0. The zero-order valence-corrected chi connectivity index (χ0v) is 16.4. The zero-order valence-electron chi connectivity index (χ0n) is 16.4. The van der Waals surface area contributed by atoms with Crippen molar-refractivity contribution in [3.05, 3.63) is 64.0 Å². The molecule has 0 radical (unpaired) electrons. The van der Waals surface area contributed by atoms with Crippen LogP contribution >= 0.6 is 0 Å². The van der Waals surface area contributed by atoms with Crippen LogP contribution < -0.4 is 0 Å². The summed E-state index contributed by atoms with van der Waals surface area (Å²) in [5, 5.41) is 29.8. The monoisotopic (exact) mass is 526 g/mol. The van der Waals surface area contributed by atoms with Crippen molar-refractivity contribution in [3.8, 4) is 6.07 Å². The van der Waals surface area contributed by atoms with Gasteiger partial charge in [0.1, 0.15) is 17.3 Å². The van der Waals surface area contributed by atoms with E-state index >= 15 is 0 Å². The number of pyridine rings is 1. The molecule has 35 heavy (non-hydrogen) atoms. The van der Waals surface area contributed by atoms with Crippen LogP contribution in [0.15, 0.2) is 30.3 Å². The van der Waals surface area contributed by atoms with Crippen molar-refractivity contribution in [2.45, 2.75) is 36.9 Å². The Hall–Kier alpha value is -3.06. The Bertz CT molecular complexity index is 967. The van der Waals surface area contributed by atoms with Crippen molar-refractivity contribution in [2.24, 2.45) is 5.92 Å². The molecule has 192 valence electrons. The number of aromatic nitrogens is 1. The summed E-state index contributed by atoms with van der Waals surface area (Å²) >= 11 is 0. The molecule has 0 fully saturated rings. The predicted octanol–water partition coefficient (Wildman–Crippen LogP) is 6.06. The average Bonchev–Trinajstić information content (AvgIpc) is 2.70. The third-order valence-electron chi connectivity index (χ3n) is 4.55. The molecule has 0 aliphatic carbocycles. The van der Waals surface area contributed by atoms with E-state index in [9.17, 15) is 68.2 Å². The first-order valence-electron chi connectivity index (χ1n) is 8.87. The van der Waals surface area contributed by atoms with Gasteiger partial charge in [-0.2, -0.15) is 57.9 Å². The van der Waals surface area contributed by atoms with Gasteiger partial charge in [-0.3, -0.25) is 0 Å². The number of alkyl halides is 12. The smallest absolute Gasteiger partial charge is 0.387 e. The third-order valence-corrected chi connectivity index (χ3v) is 4.55. The van der Waals surface area contributed by atoms with Crippen LogP contribution in [0.25, 0.3) is 0 Å². The third kappa shape index (κ3) is 6.54. The number of nitrogens with zero attached hydrogens (tertiary/aromatic N) is 2. The number of halogens is 12. The van der Waals surface area contributed by atoms with Crippen LogP contribution in [0.3, 0.4) is 0 Å². The van der Waals surface area contributed by atoms with Gasteiger partial charge in [0.25, 0.3) is 0 Å². The number of aliphatic hydroxyl groups excluding tert-OH is 2. The maximum Gasteiger partial charge on any atom is 0.433 e. The Balaban J connectivity index is 2.63. The van der Waals surface area contributed by atoms with Gasteiger partial charge in [-0.25, -0.2) is 4.98 Å². The fourth-order valence-corrected chi connectivity index (χ4v) is 2.89. The van der Waals surface area contributed by atoms with Crippen LogP contribution in [0.5, 0.6) is 0 Å². The Morgan fingerprint density at radius 2 is 0.943 bits per heavy atom. The van der Waals surface area contributed by atoms with E-state index in [1.807, 2.05) is 0 Å². The summed E-state index contributed by atoms with van der Waals surface area (Å²) in [5.74, 6) is -2.50. The van der Waals surface area contributed by atoms with Gasteiger partial charge in [0.15, 0.2) is 0 Å². The topological polar surface area (TPSA) is 77.1 Å². The van der Waals surface area contributed by atoms with Gasteiger partial charge >= 0.3 is 24.7 Å². The summed E-state index contributed by atoms with van der Waals surface area (Å²) in [7, 11) is 0. The Morgan fingerprint density at radius 1 is 0.600 bits per heavy atom. The van der Waals surface area contributed by atoms with Crippen LogP contribution in [0.4, 0.5) is 52.7 Å². The normalized spacial score (nSPS) is 15.9. The predicted molar refractivity (Wildman–Crippen MR) is 89.7 cm³/mol. The first-order valence-corrected chi connectivity index (χ1v) is 8.87. The van der Waals surface area contributed by atoms with Crippen molar-refractivity contribution >= 4 is 0 Å². The Morgan fingerprint density at radius 3 is 1.23 bits per heavy atom. The van der Waals surface area contributed by atoms with Gasteiger partial charge in [0.05, 0.1) is 29.4 Å². The summed E-state index contributed by atoms with van der Waals surface area (Å²) in [5.41, 5.74) is -10.7. The van der Waals surface area contributed by atoms with E-state index in [4.69, 9.17) is 0 Å². The largest absolute Gasteiger partial charge is 0.433 e. The lowest BCUT2D eigenvalue weighted by Gasteiger charge is -2.25. The van der Waals surface area contributed by atoms with Crippen LogP contribution in [-0.2, 0) is 24.7 Å². The molecule has 0 spiro atoms. The van der Waals surface area contributed by atoms with Crippen LogP contribution in [-0.4, -0.2) is 15.2 Å². The van der Waals surface area contributed by atoms with E-state index in [2.05, 4.69) is 4.98 Å². The van der Waals surface area contributed by atoms with Crippen molar-refractivity contribution in [3.63, 3.8) is 0 Å². The maximum absolute atomic E-state index is 13.0. The molecule has 16 heteroatoms. The van der Waals surface area contributed by atoms with Gasteiger partial charge in [-0.1, -0.05) is 0 Å². The number of rotatable bonds is 4. The van der Waals surface area contributed by atoms with E-state index in [-0.39, 0.29) is 30.3 Å². The second-order valence-corrected chi connectivity index (χ2v) is 7.05. The van der Waals surface area contributed by atoms with E-state index in [0.29, 0.717) is 0 Å². The molecule has 3 atom stereocenters. The van der Waals surface area contributed by atoms with Gasteiger partial charge in [0, 0.05) is 0 Å². The highest BCUT2D eigenvalue weighted by molar-refractivity contribution is 5.36. The van der Waals surface area contributed by atoms with E-state index in [0.717, 1.165) is 6.07 Å². The number of aliphatic hydroxyl groups is 2. The molecule has 2 aromatic rings. The van der Waals surface area contributed by atoms with Gasteiger partial charge < -0.3 is 10.2 Å². The molecule has 0 bridgehead atoms. The minimum atomic E-state index is -5.47. The highest BCUT2D eigenvalue weighted by Crippen LogP contribution is 2.42. The lowest BCUT2D eigenvalue weighted by atomic mass is 9.87. The van der Waals surface area contributed by atoms with E-state index in [1.165, 1.54) is 0 Å². The first-order chi connectivity index (χ1) is 15.7. The molecule has 2 rings (SSSR count). The molecular formula is C19H10F12N2O2. The number of nitriles is 1. The second-order valence-electron chi connectivity index (χ2n) is 7.05. The SMILES string of the molecule is N#CC(C(O)c1cc(C(F)(F)F)cc(C(F)(F)F)c1)C(O)c1cc(C(F)(F)F)nc(C(F)(F)F)c1. The minimum Gasteiger partial charge on any atom is -0.387 e. The van der Waals surface area contributed by atoms with E-state index in [1.54, 1.807) is 0 Å². The number of hydrogen-bond acceptors (Lipinski definition) is 4. The Labute approximate surface area is 187 Å². The molecule has 1 aromatic carbocycles. The first kappa shape index (κ1) is 28.2. The Kier molecular flexibility index (Phi) is 7.40. The molecule has 3 unspecified atom stereocenters. The molecule has 4 nitrogen and oxygen atoms in total. The number of benzene rings is 1. The highest BCUT2D eigenvalue weighted by Gasteiger charge is 2.42. The lowest BCUT2D eigenvalue weighted by molar-refractivity contribution is -0.150. The second kappa shape index (κ2) is 9.19. The molecule has 1 heterocycles. The molecule has 2 N–H and O–H groups in total. The fraction of sp³-hybridized carbons (Fsp3) is 0.368. The zero-order chi connectivity index (χ0) is 27.1. The van der Waals surface area contributed by atoms with Crippen molar-refractivity contribution in [1.82, 2.24) is 4.98 Å². The van der Waals surface area contributed by atoms with Crippen LogP contribution in [0, 0.1) is 17.2 Å². The molecule has 0 saturated carbocycles. The van der Waals surface area contributed by atoms with E-state index < -0.39 is 76.5 Å². The molecule has 0 aliphatic heterocycles. The summed E-state index contributed by atoms with van der Waals surface area (Å²) in [6, 6.07) is 0.539. The summed E-state index contributed by atoms with van der Waals surface area (Å²) < 4.78 is 156. The molecule has 0 saturated heterocycles. The highest BCUT2D eigenvalue weighted by atomic mass is 19.4. The van der Waals surface area contributed by atoms with Crippen LogP contribution in [0.2, 0.25) is 0 Å². The summed E-state index contributed by atoms with van der Waals surface area (Å²) in [4.78, 5) is 2.37. The quantitative estimate of drug-likeness (QED) is 0.475. The van der Waals surface area contributed by atoms with Crippen molar-refractivity contribution < 1.29 is 62.9 Å². The minimum absolute atomic E-state index is 0.00813. The summed E-state index contributed by atoms with van der Waals surface area (Å²) in [6.07, 6.45) is -27.1. The standard InChI is InChI=1S/C19H10F12N2O2/c20-16(21,22)9-1-7(2-10(5-9)17(23,24)25)14(34)11(6-32)15(35)8-3-12(18(26,27)28)33-13(4-8)19(29,30)31/h1-5,11,14-15,34-35H. The average molecular weight is 526 g/mol. The molecule has 1 aromatic heterocycles. The molecule has 0 aliphatic rings. The van der Waals surface area contributed by atoms with Gasteiger partial charge in [0.2, 0.25) is 0 Å². The maximum atomic E-state index is 13.0.